The lowest BCUT2D eigenvalue weighted by atomic mass is 10.0. The first-order chi connectivity index (χ1) is 18.0. The molecule has 7 nitrogen and oxygen atoms in total. The van der Waals surface area contributed by atoms with Crippen LogP contribution < -0.4 is 10.2 Å². The molecule has 2 saturated heterocycles. The van der Waals surface area contributed by atoms with Crippen molar-refractivity contribution in [3.05, 3.63) is 77.8 Å². The van der Waals surface area contributed by atoms with Crippen LogP contribution in [0.15, 0.2) is 72.8 Å². The van der Waals surface area contributed by atoms with E-state index in [2.05, 4.69) is 63.6 Å². The van der Waals surface area contributed by atoms with Gasteiger partial charge in [-0.05, 0) is 67.4 Å². The van der Waals surface area contributed by atoms with Crippen LogP contribution in [0.3, 0.4) is 0 Å². The smallest absolute Gasteiger partial charge is 0.236 e. The van der Waals surface area contributed by atoms with Gasteiger partial charge >= 0.3 is 0 Å². The summed E-state index contributed by atoms with van der Waals surface area (Å²) >= 11 is 5.54. The van der Waals surface area contributed by atoms with E-state index >= 15 is 0 Å². The van der Waals surface area contributed by atoms with Gasteiger partial charge in [0.2, 0.25) is 12.3 Å². The number of hydrogen-bond donors (Lipinski definition) is 2. The monoisotopic (exact) mass is 520 g/mol. The van der Waals surface area contributed by atoms with Gasteiger partial charge in [0.05, 0.1) is 11.6 Å². The van der Waals surface area contributed by atoms with Gasteiger partial charge in [-0.3, -0.25) is 14.5 Å². The summed E-state index contributed by atoms with van der Waals surface area (Å²) in [7, 11) is 0. The number of likely N-dealkylation sites (tertiary alicyclic amines) is 1. The highest BCUT2D eigenvalue weighted by Gasteiger charge is 2.24. The van der Waals surface area contributed by atoms with E-state index in [1.807, 2.05) is 11.0 Å². The molecule has 0 saturated carbocycles. The first-order valence-electron chi connectivity index (χ1n) is 12.6. The van der Waals surface area contributed by atoms with Crippen LogP contribution in [0.4, 0.5) is 11.4 Å². The predicted molar refractivity (Wildman–Crippen MR) is 149 cm³/mol. The van der Waals surface area contributed by atoms with Crippen molar-refractivity contribution in [3.63, 3.8) is 0 Å². The highest BCUT2D eigenvalue weighted by molar-refractivity contribution is 6.32. The number of benzene rings is 3. The lowest BCUT2D eigenvalue weighted by Gasteiger charge is -2.37. The number of halogens is 1. The molecule has 0 unspecified atom stereocenters. The predicted octanol–water partition coefficient (Wildman–Crippen LogP) is 4.71. The van der Waals surface area contributed by atoms with E-state index in [1.165, 1.54) is 41.8 Å². The van der Waals surface area contributed by atoms with Crippen LogP contribution in [-0.4, -0.2) is 73.0 Å². The number of nitrogens with one attached hydrogen (secondary N) is 1. The molecule has 194 valence electrons. The average molecular weight is 521 g/mol. The molecule has 0 spiro atoms. The number of carbonyl (C=O) groups excluding carboxylic acids is 2. The number of rotatable bonds is 6. The zero-order chi connectivity index (χ0) is 26.0. The van der Waals surface area contributed by atoms with Crippen LogP contribution in [0, 0.1) is 0 Å². The number of nitrogens with zero attached hydrogens (tertiary/aromatic N) is 3. The minimum Gasteiger partial charge on any atom is -0.506 e. The summed E-state index contributed by atoms with van der Waals surface area (Å²) in [6, 6.07) is 23.6. The molecule has 0 aliphatic carbocycles. The fraction of sp³-hybridized carbons (Fsp3) is 0.310. The molecule has 0 bridgehead atoms. The van der Waals surface area contributed by atoms with Crippen molar-refractivity contribution in [1.29, 1.82) is 0 Å². The maximum atomic E-state index is 12.5. The highest BCUT2D eigenvalue weighted by atomic mass is 35.5. The summed E-state index contributed by atoms with van der Waals surface area (Å²) in [4.78, 5) is 29.2. The summed E-state index contributed by atoms with van der Waals surface area (Å²) in [5, 5.41) is 11.6. The first-order valence-corrected chi connectivity index (χ1v) is 13.0. The van der Waals surface area contributed by atoms with Crippen LogP contribution in [0.5, 0.6) is 5.75 Å². The summed E-state index contributed by atoms with van der Waals surface area (Å²) in [6.45, 7) is 6.22. The third-order valence-corrected chi connectivity index (χ3v) is 6.98. The van der Waals surface area contributed by atoms with Crippen molar-refractivity contribution in [2.24, 2.45) is 0 Å². The topological polar surface area (TPSA) is 76.1 Å². The van der Waals surface area contributed by atoms with Crippen LogP contribution in [-0.2, 0) is 9.59 Å². The molecule has 37 heavy (non-hydrogen) atoms. The minimum atomic E-state index is 0.00288. The Morgan fingerprint density at radius 1 is 0.865 bits per heavy atom. The highest BCUT2D eigenvalue weighted by Crippen LogP contribution is 2.26. The number of hydrogen-bond acceptors (Lipinski definition) is 5. The van der Waals surface area contributed by atoms with Crippen LogP contribution in [0.1, 0.15) is 12.8 Å². The van der Waals surface area contributed by atoms with Gasteiger partial charge in [0.1, 0.15) is 5.75 Å². The molecule has 2 N–H and O–H groups in total. The molecule has 0 aromatic heterocycles. The molecule has 2 amide bonds. The number of aromatic hydroxyl groups is 1. The molecule has 2 aliphatic heterocycles. The Morgan fingerprint density at radius 3 is 2.24 bits per heavy atom. The van der Waals surface area contributed by atoms with E-state index in [1.54, 1.807) is 6.07 Å². The van der Waals surface area contributed by atoms with Gasteiger partial charge in [-0.1, -0.05) is 54.1 Å². The van der Waals surface area contributed by atoms with E-state index in [0.29, 0.717) is 24.5 Å². The quantitative estimate of drug-likeness (QED) is 0.363. The molecule has 8 heteroatoms. The second-order valence-electron chi connectivity index (χ2n) is 9.20. The second-order valence-corrected chi connectivity index (χ2v) is 9.60. The van der Waals surface area contributed by atoms with Gasteiger partial charge in [-0.25, -0.2) is 0 Å². The van der Waals surface area contributed by atoms with Crippen LogP contribution >= 0.6 is 11.6 Å². The summed E-state index contributed by atoms with van der Waals surface area (Å²) in [5.74, 6) is 0.299. The van der Waals surface area contributed by atoms with Crippen molar-refractivity contribution >= 4 is 35.3 Å². The fourth-order valence-electron chi connectivity index (χ4n) is 4.62. The van der Waals surface area contributed by atoms with Crippen molar-refractivity contribution in [2.75, 3.05) is 56.0 Å². The molecule has 2 aliphatic rings. The molecule has 3 aromatic rings. The molecular formula is C29H33ClN4O3. The Morgan fingerprint density at radius 2 is 1.57 bits per heavy atom. The van der Waals surface area contributed by atoms with Gasteiger partial charge in [-0.2, -0.15) is 0 Å². The van der Waals surface area contributed by atoms with Gasteiger partial charge in [0.25, 0.3) is 0 Å². The Balaban J connectivity index is 0.000000245. The molecule has 3 aromatic carbocycles. The maximum absolute atomic E-state index is 12.5. The van der Waals surface area contributed by atoms with Crippen molar-refractivity contribution in [2.45, 2.75) is 12.8 Å². The number of amides is 2. The molecule has 2 fully saturated rings. The van der Waals surface area contributed by atoms with Crippen molar-refractivity contribution in [1.82, 2.24) is 9.80 Å². The number of piperazine rings is 1. The number of phenols is 1. The standard InChI is InChI=1S/C22H27N3O.C7H6ClNO2/c26-22(18-23-11-4-5-12-23)25-15-13-24(14-16-25)21-10-6-9-20(17-21)19-7-2-1-3-8-19;8-6-3-5(9-4-10)1-2-7(6)11/h1-3,6-10,17H,4-5,11-16,18H2;1-4,11H,(H,9,10). The van der Waals surface area contributed by atoms with E-state index in [0.717, 1.165) is 39.3 Å². The van der Waals surface area contributed by atoms with Gasteiger partial charge in [0.15, 0.2) is 0 Å². The minimum absolute atomic E-state index is 0.00288. The Labute approximate surface area is 223 Å². The van der Waals surface area contributed by atoms with E-state index in [4.69, 9.17) is 16.7 Å². The fourth-order valence-corrected chi connectivity index (χ4v) is 4.80. The lowest BCUT2D eigenvalue weighted by molar-refractivity contribution is -0.132. The summed E-state index contributed by atoms with van der Waals surface area (Å²) < 4.78 is 0. The van der Waals surface area contributed by atoms with Gasteiger partial charge in [0, 0.05) is 37.6 Å². The average Bonchev–Trinajstić information content (AvgIpc) is 3.45. The SMILES string of the molecule is O=C(CN1CCCC1)N1CCN(c2cccc(-c3ccccc3)c2)CC1.O=CNc1ccc(O)c(Cl)c1. The third kappa shape index (κ3) is 7.47. The van der Waals surface area contributed by atoms with E-state index < -0.39 is 0 Å². The molecule has 0 radical (unpaired) electrons. The van der Waals surface area contributed by atoms with Crippen LogP contribution in [0.25, 0.3) is 11.1 Å². The molecule has 0 atom stereocenters. The molecule has 2 heterocycles. The molecule has 5 rings (SSSR count). The van der Waals surface area contributed by atoms with Crippen LogP contribution in [0.2, 0.25) is 5.02 Å². The van der Waals surface area contributed by atoms with Crippen molar-refractivity contribution in [3.8, 4) is 16.9 Å². The Kier molecular flexibility index (Phi) is 9.40. The third-order valence-electron chi connectivity index (χ3n) is 6.68. The lowest BCUT2D eigenvalue weighted by Crippen LogP contribution is -2.51. The molecular weight excluding hydrogens is 488 g/mol. The summed E-state index contributed by atoms with van der Waals surface area (Å²) in [6.07, 6.45) is 3.01. The first kappa shape index (κ1) is 26.5. The van der Waals surface area contributed by atoms with E-state index in [9.17, 15) is 9.59 Å². The van der Waals surface area contributed by atoms with Gasteiger partial charge in [-0.15, -0.1) is 0 Å². The summed E-state index contributed by atoms with van der Waals surface area (Å²) in [5.41, 5.74) is 4.30. The zero-order valence-electron chi connectivity index (χ0n) is 20.9. The number of anilines is 2. The zero-order valence-corrected chi connectivity index (χ0v) is 21.6. The second kappa shape index (κ2) is 13.1. The largest absolute Gasteiger partial charge is 0.506 e. The Hall–Kier alpha value is -3.55. The van der Waals surface area contributed by atoms with Crippen molar-refractivity contribution < 1.29 is 14.7 Å². The van der Waals surface area contributed by atoms with E-state index in [-0.39, 0.29) is 10.8 Å². The van der Waals surface area contributed by atoms with Gasteiger partial charge < -0.3 is 20.2 Å². The number of carbonyl (C=O) groups is 2. The maximum Gasteiger partial charge on any atom is 0.236 e. The normalized spacial score (nSPS) is 15.6. The Bertz CT molecular complexity index is 1180. The number of phenolic OH excluding ortho intramolecular Hbond substituents is 1.